The molecule has 2 aromatic rings. The van der Waals surface area contributed by atoms with Crippen LogP contribution in [0.2, 0.25) is 0 Å². The van der Waals surface area contributed by atoms with Gasteiger partial charge in [0.05, 0.1) is 4.90 Å². The topological polar surface area (TPSA) is 57.7 Å². The molecule has 0 aromatic heterocycles. The number of rotatable bonds is 6. The number of hydrogen-bond acceptors (Lipinski definition) is 4. The highest BCUT2D eigenvalue weighted by Gasteiger charge is 2.28. The minimum Gasteiger partial charge on any atom is -0.369 e. The van der Waals surface area contributed by atoms with Crippen molar-refractivity contribution in [1.29, 1.82) is 0 Å². The van der Waals surface area contributed by atoms with Crippen molar-refractivity contribution in [3.8, 4) is 0 Å². The molecule has 2 aromatic carbocycles. The first kappa shape index (κ1) is 20.6. The van der Waals surface area contributed by atoms with Gasteiger partial charge in [0.15, 0.2) is 5.78 Å². The van der Waals surface area contributed by atoms with Gasteiger partial charge in [-0.05, 0) is 61.2 Å². The van der Waals surface area contributed by atoms with Crippen LogP contribution < -0.4 is 4.90 Å². The summed E-state index contributed by atoms with van der Waals surface area (Å²) in [6.45, 7) is 8.01. The van der Waals surface area contributed by atoms with E-state index < -0.39 is 10.0 Å². The van der Waals surface area contributed by atoms with Gasteiger partial charge < -0.3 is 4.90 Å². The zero-order valence-electron chi connectivity index (χ0n) is 16.8. The monoisotopic (exact) mass is 400 g/mol. The Bertz CT molecular complexity index is 911. The molecule has 150 valence electrons. The van der Waals surface area contributed by atoms with Crippen LogP contribution >= 0.6 is 0 Å². The van der Waals surface area contributed by atoms with E-state index in [1.165, 1.54) is 0 Å². The molecular formula is C22H28N2O3S. The molecule has 1 aliphatic rings. The number of carbonyl (C=O) groups excluding carboxylic acids is 1. The molecule has 0 aliphatic carbocycles. The lowest BCUT2D eigenvalue weighted by Gasteiger charge is -2.35. The van der Waals surface area contributed by atoms with Crippen molar-refractivity contribution in [3.05, 3.63) is 59.7 Å². The highest BCUT2D eigenvalue weighted by Crippen LogP contribution is 2.22. The number of Topliss-reactive ketones (excluding diaryl/α,β-unsaturated/α-hetero) is 1. The van der Waals surface area contributed by atoms with Gasteiger partial charge in [-0.15, -0.1) is 0 Å². The second-order valence-corrected chi connectivity index (χ2v) is 9.67. The lowest BCUT2D eigenvalue weighted by molar-refractivity contribution is 0.101. The van der Waals surface area contributed by atoms with E-state index in [9.17, 15) is 13.2 Å². The predicted octanol–water partition coefficient (Wildman–Crippen LogP) is 3.60. The fourth-order valence-corrected chi connectivity index (χ4v) is 4.93. The third-order valence-electron chi connectivity index (χ3n) is 5.08. The van der Waals surface area contributed by atoms with Crippen LogP contribution in [0.1, 0.15) is 36.7 Å². The molecule has 1 fully saturated rings. The Hall–Kier alpha value is -2.18. The van der Waals surface area contributed by atoms with Gasteiger partial charge in [-0.1, -0.05) is 26.0 Å². The number of ketones is 1. The average Bonchev–Trinajstić information content (AvgIpc) is 2.68. The van der Waals surface area contributed by atoms with E-state index in [-0.39, 0.29) is 5.78 Å². The maximum atomic E-state index is 13.0. The molecule has 1 saturated heterocycles. The van der Waals surface area contributed by atoms with Gasteiger partial charge in [-0.25, -0.2) is 8.42 Å². The van der Waals surface area contributed by atoms with E-state index in [0.29, 0.717) is 42.6 Å². The minimum atomic E-state index is -3.47. The van der Waals surface area contributed by atoms with Gasteiger partial charge in [-0.2, -0.15) is 4.31 Å². The summed E-state index contributed by atoms with van der Waals surface area (Å²) in [7, 11) is -3.47. The number of anilines is 1. The first-order valence-corrected chi connectivity index (χ1v) is 11.2. The third kappa shape index (κ3) is 4.62. The number of benzene rings is 2. The maximum Gasteiger partial charge on any atom is 0.243 e. The summed E-state index contributed by atoms with van der Waals surface area (Å²) >= 11 is 0. The lowest BCUT2D eigenvalue weighted by Crippen LogP contribution is -2.48. The molecule has 0 spiro atoms. The third-order valence-corrected chi connectivity index (χ3v) is 7.00. The molecule has 0 N–H and O–H groups in total. The molecular weight excluding hydrogens is 372 g/mol. The first-order chi connectivity index (χ1) is 13.3. The summed E-state index contributed by atoms with van der Waals surface area (Å²) in [5.41, 5.74) is 2.86. The van der Waals surface area contributed by atoms with Gasteiger partial charge in [0, 0.05) is 37.4 Å². The molecule has 0 saturated carbocycles. The fourth-order valence-electron chi connectivity index (χ4n) is 3.51. The summed E-state index contributed by atoms with van der Waals surface area (Å²) in [4.78, 5) is 13.9. The molecule has 6 heteroatoms. The summed E-state index contributed by atoms with van der Waals surface area (Å²) in [5.74, 6) is 0.585. The second-order valence-electron chi connectivity index (χ2n) is 7.74. The molecule has 1 heterocycles. The molecule has 0 amide bonds. The molecule has 28 heavy (non-hydrogen) atoms. The molecule has 1 aliphatic heterocycles. The van der Waals surface area contributed by atoms with Crippen molar-refractivity contribution in [2.75, 3.05) is 31.1 Å². The Balaban J connectivity index is 1.65. The van der Waals surface area contributed by atoms with E-state index in [1.54, 1.807) is 23.4 Å². The molecule has 3 rings (SSSR count). The molecule has 0 radical (unpaired) electrons. The quantitative estimate of drug-likeness (QED) is 0.695. The maximum absolute atomic E-state index is 13.0. The molecule has 0 unspecified atom stereocenters. The van der Waals surface area contributed by atoms with Gasteiger partial charge in [0.2, 0.25) is 10.0 Å². The molecule has 0 atom stereocenters. The number of hydrogen-bond donors (Lipinski definition) is 0. The van der Waals surface area contributed by atoms with E-state index in [0.717, 1.165) is 17.7 Å². The van der Waals surface area contributed by atoms with Crippen molar-refractivity contribution >= 4 is 21.5 Å². The van der Waals surface area contributed by atoms with Crippen LogP contribution in [0.4, 0.5) is 5.69 Å². The number of carbonyl (C=O) groups is 1. The zero-order chi connectivity index (χ0) is 20.3. The highest BCUT2D eigenvalue weighted by molar-refractivity contribution is 7.89. The summed E-state index contributed by atoms with van der Waals surface area (Å²) in [6, 6.07) is 14.8. The van der Waals surface area contributed by atoms with Crippen LogP contribution in [0.15, 0.2) is 53.4 Å². The Morgan fingerprint density at radius 1 is 0.929 bits per heavy atom. The first-order valence-electron chi connectivity index (χ1n) is 9.72. The Labute approximate surface area is 168 Å². The Morgan fingerprint density at radius 3 is 2.00 bits per heavy atom. The van der Waals surface area contributed by atoms with Gasteiger partial charge in [0.1, 0.15) is 0 Å². The summed E-state index contributed by atoms with van der Waals surface area (Å²) in [6.07, 6.45) is 0.946. The summed E-state index contributed by atoms with van der Waals surface area (Å²) < 4.78 is 27.5. The Morgan fingerprint density at radius 2 is 1.50 bits per heavy atom. The largest absolute Gasteiger partial charge is 0.369 e. The minimum absolute atomic E-state index is 0.0434. The van der Waals surface area contributed by atoms with E-state index in [2.05, 4.69) is 18.7 Å². The zero-order valence-corrected chi connectivity index (χ0v) is 17.6. The lowest BCUT2D eigenvalue weighted by atomic mass is 10.0. The van der Waals surface area contributed by atoms with Crippen LogP contribution in [-0.2, 0) is 16.4 Å². The van der Waals surface area contributed by atoms with Crippen molar-refractivity contribution < 1.29 is 13.2 Å². The SMILES string of the molecule is CC(=O)c1ccc(N2CCN(S(=O)(=O)c3ccc(CC(C)C)cc3)CC2)cc1. The number of sulfonamides is 1. The predicted molar refractivity (Wildman–Crippen MR) is 112 cm³/mol. The number of nitrogens with zero attached hydrogens (tertiary/aromatic N) is 2. The molecule has 0 bridgehead atoms. The Kier molecular flexibility index (Phi) is 6.20. The van der Waals surface area contributed by atoms with Crippen molar-refractivity contribution in [2.24, 2.45) is 5.92 Å². The highest BCUT2D eigenvalue weighted by atomic mass is 32.2. The van der Waals surface area contributed by atoms with Crippen molar-refractivity contribution in [3.63, 3.8) is 0 Å². The normalized spacial score (nSPS) is 15.8. The average molecular weight is 401 g/mol. The number of piperazine rings is 1. The van der Waals surface area contributed by atoms with Crippen LogP contribution in [0.3, 0.4) is 0 Å². The van der Waals surface area contributed by atoms with Crippen LogP contribution in [0.5, 0.6) is 0 Å². The van der Waals surface area contributed by atoms with E-state index in [4.69, 9.17) is 0 Å². The van der Waals surface area contributed by atoms with Gasteiger partial charge >= 0.3 is 0 Å². The van der Waals surface area contributed by atoms with Gasteiger partial charge in [0.25, 0.3) is 0 Å². The van der Waals surface area contributed by atoms with Crippen molar-refractivity contribution in [2.45, 2.75) is 32.1 Å². The standard InChI is InChI=1S/C22H28N2O3S/c1-17(2)16-19-4-10-22(11-5-19)28(26,27)24-14-12-23(13-15-24)21-8-6-20(7-9-21)18(3)25/h4-11,17H,12-16H2,1-3H3. The van der Waals surface area contributed by atoms with Crippen LogP contribution in [-0.4, -0.2) is 44.7 Å². The van der Waals surface area contributed by atoms with Gasteiger partial charge in [-0.3, -0.25) is 4.79 Å². The second kappa shape index (κ2) is 8.45. The van der Waals surface area contributed by atoms with Crippen LogP contribution in [0.25, 0.3) is 0 Å². The van der Waals surface area contributed by atoms with Crippen LogP contribution in [0, 0.1) is 5.92 Å². The van der Waals surface area contributed by atoms with Crippen molar-refractivity contribution in [1.82, 2.24) is 4.31 Å². The molecule has 5 nitrogen and oxygen atoms in total. The van der Waals surface area contributed by atoms with E-state index >= 15 is 0 Å². The fraction of sp³-hybridized carbons (Fsp3) is 0.409. The van der Waals surface area contributed by atoms with E-state index in [1.807, 2.05) is 36.4 Å². The summed E-state index contributed by atoms with van der Waals surface area (Å²) in [5, 5.41) is 0. The smallest absolute Gasteiger partial charge is 0.243 e.